The number of hydrogen-bond acceptors (Lipinski definition) is 6. The zero-order chi connectivity index (χ0) is 13.0. The van der Waals surface area contributed by atoms with E-state index in [1.54, 1.807) is 11.8 Å². The van der Waals surface area contributed by atoms with Crippen molar-refractivity contribution in [2.24, 2.45) is 0 Å². The molecule has 0 spiro atoms. The van der Waals surface area contributed by atoms with Gasteiger partial charge < -0.3 is 15.4 Å². The molecule has 1 fully saturated rings. The maximum atomic E-state index is 5.44. The number of thioether (sulfide) groups is 1. The molecule has 0 amide bonds. The fourth-order valence-electron chi connectivity index (χ4n) is 1.93. The standard InChI is InChI=1S/C12H20N4OS/c1-4-13-9-7-10(15-11(14-9)18-3)16-12(2)5-6-17-8-12/h7H,4-6,8H2,1-3H3,(H2,13,14,15,16). The van der Waals surface area contributed by atoms with Gasteiger partial charge in [-0.15, -0.1) is 0 Å². The largest absolute Gasteiger partial charge is 0.379 e. The number of hydrogen-bond donors (Lipinski definition) is 2. The molecular formula is C12H20N4OS. The van der Waals surface area contributed by atoms with Crippen LogP contribution < -0.4 is 10.6 Å². The molecule has 0 aliphatic carbocycles. The molecule has 100 valence electrons. The molecule has 1 saturated heterocycles. The molecule has 18 heavy (non-hydrogen) atoms. The zero-order valence-corrected chi connectivity index (χ0v) is 11.9. The third kappa shape index (κ3) is 3.26. The lowest BCUT2D eigenvalue weighted by Crippen LogP contribution is -2.35. The van der Waals surface area contributed by atoms with Crippen LogP contribution in [-0.4, -0.2) is 41.5 Å². The Morgan fingerprint density at radius 2 is 2.22 bits per heavy atom. The van der Waals surface area contributed by atoms with Crippen LogP contribution in [0.3, 0.4) is 0 Å². The minimum atomic E-state index is -0.0203. The monoisotopic (exact) mass is 268 g/mol. The topological polar surface area (TPSA) is 59.1 Å². The average Bonchev–Trinajstić information content (AvgIpc) is 2.75. The predicted molar refractivity (Wildman–Crippen MR) is 75.4 cm³/mol. The Morgan fingerprint density at radius 3 is 2.83 bits per heavy atom. The highest BCUT2D eigenvalue weighted by Crippen LogP contribution is 2.25. The maximum Gasteiger partial charge on any atom is 0.191 e. The lowest BCUT2D eigenvalue weighted by Gasteiger charge is -2.24. The first-order valence-corrected chi connectivity index (χ1v) is 7.40. The Morgan fingerprint density at radius 1 is 1.44 bits per heavy atom. The average molecular weight is 268 g/mol. The molecule has 2 rings (SSSR count). The third-order valence-electron chi connectivity index (χ3n) is 2.89. The number of rotatable bonds is 5. The second-order valence-electron chi connectivity index (χ2n) is 4.64. The summed E-state index contributed by atoms with van der Waals surface area (Å²) in [6.45, 7) is 6.60. The fraction of sp³-hybridized carbons (Fsp3) is 0.667. The molecule has 0 saturated carbocycles. The van der Waals surface area contributed by atoms with Crippen LogP contribution in [0.4, 0.5) is 11.6 Å². The molecule has 0 bridgehead atoms. The molecule has 1 unspecified atom stereocenters. The normalized spacial score (nSPS) is 23.1. The summed E-state index contributed by atoms with van der Waals surface area (Å²) >= 11 is 1.55. The molecule has 2 N–H and O–H groups in total. The summed E-state index contributed by atoms with van der Waals surface area (Å²) in [4.78, 5) is 8.90. The number of ether oxygens (including phenoxy) is 1. The highest BCUT2D eigenvalue weighted by atomic mass is 32.2. The van der Waals surface area contributed by atoms with Crippen molar-refractivity contribution in [3.8, 4) is 0 Å². The van der Waals surface area contributed by atoms with Gasteiger partial charge in [0.25, 0.3) is 0 Å². The van der Waals surface area contributed by atoms with Crippen molar-refractivity contribution >= 4 is 23.4 Å². The van der Waals surface area contributed by atoms with Gasteiger partial charge in [0.2, 0.25) is 0 Å². The SMILES string of the molecule is CCNc1cc(NC2(C)CCOC2)nc(SC)n1. The Hall–Kier alpha value is -1.01. The summed E-state index contributed by atoms with van der Waals surface area (Å²) < 4.78 is 5.44. The Bertz CT molecular complexity index is 407. The molecule has 1 aromatic rings. The lowest BCUT2D eigenvalue weighted by molar-refractivity contribution is 0.185. The van der Waals surface area contributed by atoms with Crippen LogP contribution in [0.25, 0.3) is 0 Å². The van der Waals surface area contributed by atoms with E-state index in [9.17, 15) is 0 Å². The third-order valence-corrected chi connectivity index (χ3v) is 3.44. The highest BCUT2D eigenvalue weighted by molar-refractivity contribution is 7.98. The lowest BCUT2D eigenvalue weighted by atomic mass is 10.0. The Kier molecular flexibility index (Phi) is 4.29. The molecular weight excluding hydrogens is 248 g/mol. The van der Waals surface area contributed by atoms with Gasteiger partial charge in [0, 0.05) is 19.2 Å². The minimum Gasteiger partial charge on any atom is -0.379 e. The van der Waals surface area contributed by atoms with Crippen LogP contribution in [-0.2, 0) is 4.74 Å². The van der Waals surface area contributed by atoms with Gasteiger partial charge in [-0.25, -0.2) is 9.97 Å². The van der Waals surface area contributed by atoms with E-state index >= 15 is 0 Å². The van der Waals surface area contributed by atoms with Crippen LogP contribution in [0.15, 0.2) is 11.2 Å². The smallest absolute Gasteiger partial charge is 0.191 e. The second-order valence-corrected chi connectivity index (χ2v) is 5.42. The molecule has 1 aliphatic heterocycles. The van der Waals surface area contributed by atoms with Crippen LogP contribution in [0.5, 0.6) is 0 Å². The molecule has 5 nitrogen and oxygen atoms in total. The van der Waals surface area contributed by atoms with Gasteiger partial charge in [0.1, 0.15) is 11.6 Å². The van der Waals surface area contributed by atoms with Gasteiger partial charge in [-0.2, -0.15) is 0 Å². The zero-order valence-electron chi connectivity index (χ0n) is 11.1. The molecule has 6 heteroatoms. The molecule has 1 atom stereocenters. The first-order valence-electron chi connectivity index (χ1n) is 6.18. The summed E-state index contributed by atoms with van der Waals surface area (Å²) in [7, 11) is 0. The number of aromatic nitrogens is 2. The van der Waals surface area contributed by atoms with Crippen molar-refractivity contribution in [1.82, 2.24) is 9.97 Å². The van der Waals surface area contributed by atoms with Crippen LogP contribution in [0, 0.1) is 0 Å². The number of nitrogens with zero attached hydrogens (tertiary/aromatic N) is 2. The quantitative estimate of drug-likeness (QED) is 0.631. The van der Waals surface area contributed by atoms with Gasteiger partial charge in [-0.3, -0.25) is 0 Å². The van der Waals surface area contributed by atoms with Gasteiger partial charge in [-0.05, 0) is 26.5 Å². The van der Waals surface area contributed by atoms with Crippen molar-refractivity contribution in [2.75, 3.05) is 36.6 Å². The van der Waals surface area contributed by atoms with Gasteiger partial charge in [-0.1, -0.05) is 11.8 Å². The Balaban J connectivity index is 2.17. The molecule has 1 aliphatic rings. The summed E-state index contributed by atoms with van der Waals surface area (Å²) in [5.41, 5.74) is -0.0203. The molecule has 0 radical (unpaired) electrons. The van der Waals surface area contributed by atoms with E-state index in [-0.39, 0.29) is 5.54 Å². The minimum absolute atomic E-state index is 0.0203. The van der Waals surface area contributed by atoms with E-state index in [2.05, 4.69) is 34.4 Å². The first kappa shape index (κ1) is 13.4. The van der Waals surface area contributed by atoms with Crippen LogP contribution in [0.2, 0.25) is 0 Å². The highest BCUT2D eigenvalue weighted by Gasteiger charge is 2.30. The summed E-state index contributed by atoms with van der Waals surface area (Å²) in [5, 5.41) is 7.46. The predicted octanol–water partition coefficient (Wildman–Crippen LogP) is 2.22. The van der Waals surface area contributed by atoms with Crippen LogP contribution >= 0.6 is 11.8 Å². The molecule has 0 aromatic carbocycles. The molecule has 1 aromatic heterocycles. The van der Waals surface area contributed by atoms with Crippen LogP contribution in [0.1, 0.15) is 20.3 Å². The van der Waals surface area contributed by atoms with Gasteiger partial charge in [0.05, 0.1) is 12.1 Å². The van der Waals surface area contributed by atoms with Crippen molar-refractivity contribution in [3.05, 3.63) is 6.07 Å². The van der Waals surface area contributed by atoms with Crippen molar-refractivity contribution in [3.63, 3.8) is 0 Å². The summed E-state index contributed by atoms with van der Waals surface area (Å²) in [6.07, 6.45) is 2.98. The van der Waals surface area contributed by atoms with Crippen molar-refractivity contribution < 1.29 is 4.74 Å². The summed E-state index contributed by atoms with van der Waals surface area (Å²) in [5.74, 6) is 1.72. The van der Waals surface area contributed by atoms with E-state index in [0.29, 0.717) is 0 Å². The van der Waals surface area contributed by atoms with Crippen molar-refractivity contribution in [1.29, 1.82) is 0 Å². The van der Waals surface area contributed by atoms with E-state index in [1.165, 1.54) is 0 Å². The van der Waals surface area contributed by atoms with Gasteiger partial charge >= 0.3 is 0 Å². The fourth-order valence-corrected chi connectivity index (χ4v) is 2.31. The second kappa shape index (κ2) is 5.75. The Labute approximate surface area is 112 Å². The van der Waals surface area contributed by atoms with E-state index in [0.717, 1.165) is 43.0 Å². The van der Waals surface area contributed by atoms with E-state index < -0.39 is 0 Å². The number of nitrogens with one attached hydrogen (secondary N) is 2. The first-order chi connectivity index (χ1) is 8.65. The molecule has 2 heterocycles. The van der Waals surface area contributed by atoms with Gasteiger partial charge in [0.15, 0.2) is 5.16 Å². The van der Waals surface area contributed by atoms with Crippen molar-refractivity contribution in [2.45, 2.75) is 31.0 Å². The maximum absolute atomic E-state index is 5.44. The summed E-state index contributed by atoms with van der Waals surface area (Å²) in [6, 6.07) is 1.95. The van der Waals surface area contributed by atoms with E-state index in [4.69, 9.17) is 4.74 Å². The number of anilines is 2. The van der Waals surface area contributed by atoms with E-state index in [1.807, 2.05) is 12.3 Å².